The van der Waals surface area contributed by atoms with Crippen LogP contribution in [0.3, 0.4) is 0 Å². The van der Waals surface area contributed by atoms with Crippen LogP contribution < -0.4 is 0 Å². The standard InChI is InChI=1S/C22H28Br2O5/c1-12(25)29-18(27)21(28)9-7-15-16-5-4-13-10-14(26)6-8-19(13,2)22(16,24)17(23)11-20(15,21)3/h10,15-17,28H,4-9,11H2,1-3H3/t15-,16-,17-,19-,20-,21-,22-/m0/s1. The van der Waals surface area contributed by atoms with E-state index in [9.17, 15) is 19.5 Å². The van der Waals surface area contributed by atoms with Crippen LogP contribution in [0.1, 0.15) is 65.7 Å². The molecule has 0 bridgehead atoms. The third kappa shape index (κ3) is 2.68. The van der Waals surface area contributed by atoms with Crippen LogP contribution in [0.2, 0.25) is 0 Å². The van der Waals surface area contributed by atoms with Crippen LogP contribution in [0.25, 0.3) is 0 Å². The van der Waals surface area contributed by atoms with E-state index in [4.69, 9.17) is 4.74 Å². The van der Waals surface area contributed by atoms with Crippen LogP contribution >= 0.6 is 31.9 Å². The number of aliphatic hydroxyl groups is 1. The predicted molar refractivity (Wildman–Crippen MR) is 115 cm³/mol. The topological polar surface area (TPSA) is 80.7 Å². The lowest BCUT2D eigenvalue weighted by Crippen LogP contribution is -2.67. The molecule has 0 amide bonds. The van der Waals surface area contributed by atoms with Gasteiger partial charge in [-0.05, 0) is 56.4 Å². The van der Waals surface area contributed by atoms with Gasteiger partial charge in [-0.25, -0.2) is 4.79 Å². The summed E-state index contributed by atoms with van der Waals surface area (Å²) >= 11 is 8.11. The summed E-state index contributed by atoms with van der Waals surface area (Å²) in [7, 11) is 0. The quantitative estimate of drug-likeness (QED) is 0.311. The molecule has 0 spiro atoms. The van der Waals surface area contributed by atoms with E-state index < -0.39 is 23.0 Å². The van der Waals surface area contributed by atoms with Gasteiger partial charge in [-0.15, -0.1) is 0 Å². The summed E-state index contributed by atoms with van der Waals surface area (Å²) in [6.07, 6.45) is 6.58. The van der Waals surface area contributed by atoms with Gasteiger partial charge in [0.2, 0.25) is 0 Å². The largest absolute Gasteiger partial charge is 0.391 e. The van der Waals surface area contributed by atoms with E-state index in [-0.39, 0.29) is 32.2 Å². The maximum atomic E-state index is 12.7. The molecule has 0 aromatic carbocycles. The molecule has 0 unspecified atom stereocenters. The predicted octanol–water partition coefficient (Wildman–Crippen LogP) is 4.23. The van der Waals surface area contributed by atoms with E-state index in [1.54, 1.807) is 0 Å². The lowest BCUT2D eigenvalue weighted by Gasteiger charge is -2.65. The molecule has 1 N–H and O–H groups in total. The molecule has 4 aliphatic carbocycles. The van der Waals surface area contributed by atoms with Crippen molar-refractivity contribution in [3.05, 3.63) is 11.6 Å². The van der Waals surface area contributed by atoms with E-state index in [1.807, 2.05) is 13.0 Å². The zero-order valence-corrected chi connectivity index (χ0v) is 20.3. The molecule has 7 atom stereocenters. The second-order valence-electron chi connectivity index (χ2n) is 9.86. The van der Waals surface area contributed by atoms with Crippen molar-refractivity contribution < 1.29 is 24.2 Å². The summed E-state index contributed by atoms with van der Waals surface area (Å²) in [6, 6.07) is 0. The first-order chi connectivity index (χ1) is 13.4. The maximum absolute atomic E-state index is 12.7. The van der Waals surface area contributed by atoms with Crippen molar-refractivity contribution in [3.8, 4) is 0 Å². The molecular formula is C22H28Br2O5. The number of hydrogen-bond donors (Lipinski definition) is 1. The van der Waals surface area contributed by atoms with Crippen molar-refractivity contribution in [1.29, 1.82) is 0 Å². The average molecular weight is 532 g/mol. The van der Waals surface area contributed by atoms with Gasteiger partial charge in [-0.3, -0.25) is 9.59 Å². The van der Waals surface area contributed by atoms with E-state index in [1.165, 1.54) is 12.5 Å². The molecule has 0 heterocycles. The first-order valence-corrected chi connectivity index (χ1v) is 12.1. The van der Waals surface area contributed by atoms with Crippen LogP contribution in [-0.2, 0) is 19.1 Å². The molecule has 0 aromatic heterocycles. The van der Waals surface area contributed by atoms with E-state index in [0.29, 0.717) is 25.7 Å². The summed E-state index contributed by atoms with van der Waals surface area (Å²) in [5, 5.41) is 11.5. The number of ketones is 1. The number of carbonyl (C=O) groups is 3. The van der Waals surface area contributed by atoms with Crippen LogP contribution in [-0.4, -0.2) is 37.6 Å². The summed E-state index contributed by atoms with van der Waals surface area (Å²) < 4.78 is 4.60. The van der Waals surface area contributed by atoms with Gasteiger partial charge in [0.1, 0.15) is 0 Å². The first-order valence-electron chi connectivity index (χ1n) is 10.4. The van der Waals surface area contributed by atoms with E-state index >= 15 is 0 Å². The molecule has 0 aromatic rings. The fraction of sp³-hybridized carbons (Fsp3) is 0.773. The second kappa shape index (κ2) is 6.73. The van der Waals surface area contributed by atoms with Crippen molar-refractivity contribution in [2.24, 2.45) is 22.7 Å². The van der Waals surface area contributed by atoms with Crippen molar-refractivity contribution in [3.63, 3.8) is 0 Å². The zero-order chi connectivity index (χ0) is 21.4. The summed E-state index contributed by atoms with van der Waals surface area (Å²) in [6.45, 7) is 5.42. The molecular weight excluding hydrogens is 504 g/mol. The molecule has 160 valence electrons. The molecule has 3 fully saturated rings. The summed E-state index contributed by atoms with van der Waals surface area (Å²) in [4.78, 5) is 36.2. The number of esters is 2. The van der Waals surface area contributed by atoms with Gasteiger partial charge < -0.3 is 9.84 Å². The number of fused-ring (bicyclic) bond motifs is 5. The Kier molecular flexibility index (Phi) is 5.04. The van der Waals surface area contributed by atoms with Gasteiger partial charge in [0, 0.05) is 29.0 Å². The highest BCUT2D eigenvalue weighted by atomic mass is 79.9. The van der Waals surface area contributed by atoms with Gasteiger partial charge in [-0.1, -0.05) is 51.3 Å². The van der Waals surface area contributed by atoms with Crippen LogP contribution in [0.4, 0.5) is 0 Å². The molecule has 0 saturated heterocycles. The fourth-order valence-corrected chi connectivity index (χ4v) is 9.74. The van der Waals surface area contributed by atoms with Gasteiger partial charge in [0.15, 0.2) is 11.4 Å². The number of carbonyl (C=O) groups excluding carboxylic acids is 3. The summed E-state index contributed by atoms with van der Waals surface area (Å²) in [5.41, 5.74) is -1.28. The minimum absolute atomic E-state index is 0.00194. The molecule has 3 saturated carbocycles. The number of hydrogen-bond acceptors (Lipinski definition) is 5. The highest BCUT2D eigenvalue weighted by Gasteiger charge is 2.73. The Morgan fingerprint density at radius 3 is 2.52 bits per heavy atom. The van der Waals surface area contributed by atoms with Crippen molar-refractivity contribution >= 4 is 49.6 Å². The molecule has 4 rings (SSSR count). The average Bonchev–Trinajstić information content (AvgIpc) is 2.89. The van der Waals surface area contributed by atoms with Gasteiger partial charge in [0.25, 0.3) is 0 Å². The summed E-state index contributed by atoms with van der Waals surface area (Å²) in [5.74, 6) is -0.941. The minimum Gasteiger partial charge on any atom is -0.391 e. The molecule has 0 aliphatic heterocycles. The van der Waals surface area contributed by atoms with Gasteiger partial charge >= 0.3 is 11.9 Å². The Morgan fingerprint density at radius 2 is 1.86 bits per heavy atom. The zero-order valence-electron chi connectivity index (χ0n) is 17.1. The van der Waals surface area contributed by atoms with Crippen LogP contribution in [0.15, 0.2) is 11.6 Å². The Balaban J connectivity index is 1.76. The molecule has 5 nitrogen and oxygen atoms in total. The SMILES string of the molecule is CC(=O)OC(=O)[C@@]1(O)CC[C@H]2[C@@H]3CCC4=CC(=O)CC[C@]4(C)[C@@]3(Br)[C@@H](Br)C[C@@]21C. The third-order valence-electron chi connectivity index (χ3n) is 8.72. The number of ether oxygens (including phenoxy) is 1. The Labute approximate surface area is 188 Å². The van der Waals surface area contributed by atoms with Gasteiger partial charge in [-0.2, -0.15) is 0 Å². The number of alkyl halides is 2. The monoisotopic (exact) mass is 530 g/mol. The van der Waals surface area contributed by atoms with E-state index in [2.05, 4.69) is 38.8 Å². The smallest absolute Gasteiger partial charge is 0.346 e. The van der Waals surface area contributed by atoms with Crippen LogP contribution in [0, 0.1) is 22.7 Å². The Bertz CT molecular complexity index is 824. The lowest BCUT2D eigenvalue weighted by molar-refractivity contribution is -0.188. The Hall–Kier alpha value is -0.530. The van der Waals surface area contributed by atoms with Gasteiger partial charge in [0.05, 0.1) is 4.32 Å². The molecule has 4 aliphatic rings. The minimum atomic E-state index is -1.66. The normalized spacial score (nSPS) is 48.8. The molecule has 0 radical (unpaired) electrons. The number of allylic oxidation sites excluding steroid dienone is 1. The lowest BCUT2D eigenvalue weighted by atomic mass is 9.46. The first kappa shape index (κ1) is 21.7. The molecule has 7 heteroatoms. The van der Waals surface area contributed by atoms with Crippen molar-refractivity contribution in [2.75, 3.05) is 0 Å². The Morgan fingerprint density at radius 1 is 1.17 bits per heavy atom. The third-order valence-corrected chi connectivity index (χ3v) is 12.4. The highest BCUT2D eigenvalue weighted by molar-refractivity contribution is 9.12. The van der Waals surface area contributed by atoms with E-state index in [0.717, 1.165) is 19.3 Å². The highest BCUT2D eigenvalue weighted by Crippen LogP contribution is 2.72. The van der Waals surface area contributed by atoms with Crippen LogP contribution in [0.5, 0.6) is 0 Å². The maximum Gasteiger partial charge on any atom is 0.346 e. The fourth-order valence-electron chi connectivity index (χ4n) is 7.06. The molecule has 29 heavy (non-hydrogen) atoms. The second-order valence-corrected chi connectivity index (χ2v) is 12.3. The number of halogens is 2. The number of rotatable bonds is 1. The van der Waals surface area contributed by atoms with Crippen molar-refractivity contribution in [2.45, 2.75) is 80.5 Å². The van der Waals surface area contributed by atoms with Crippen molar-refractivity contribution in [1.82, 2.24) is 0 Å².